The summed E-state index contributed by atoms with van der Waals surface area (Å²) >= 11 is 0. The summed E-state index contributed by atoms with van der Waals surface area (Å²) in [6, 6.07) is 2.10. The van der Waals surface area contributed by atoms with Crippen LogP contribution in [-0.4, -0.2) is 19.6 Å². The van der Waals surface area contributed by atoms with Crippen molar-refractivity contribution < 1.29 is 0 Å². The number of nitrogens with zero attached hydrogens (tertiary/aromatic N) is 4. The van der Waals surface area contributed by atoms with Gasteiger partial charge < -0.3 is 5.32 Å². The molecule has 1 N–H and O–H groups in total. The number of aromatic nitrogens is 4. The lowest BCUT2D eigenvalue weighted by Gasteiger charge is -2.06. The van der Waals surface area contributed by atoms with Gasteiger partial charge in [0.15, 0.2) is 0 Å². The maximum Gasteiger partial charge on any atom is 0.148 e. The van der Waals surface area contributed by atoms with Crippen LogP contribution < -0.4 is 5.32 Å². The molecule has 0 aliphatic heterocycles. The molecule has 0 radical (unpaired) electrons. The van der Waals surface area contributed by atoms with E-state index < -0.39 is 0 Å². The molecule has 0 aliphatic rings. The molecule has 21 heavy (non-hydrogen) atoms. The number of aryl methyl sites for hydroxylation is 1. The molecule has 0 spiro atoms. The predicted molar refractivity (Wildman–Crippen MR) is 86.2 cm³/mol. The van der Waals surface area contributed by atoms with Gasteiger partial charge in [0, 0.05) is 43.2 Å². The largest absolute Gasteiger partial charge is 0.364 e. The molecule has 0 saturated heterocycles. The Balaban J connectivity index is 1.92. The first-order valence-corrected chi connectivity index (χ1v) is 7.73. The van der Waals surface area contributed by atoms with Crippen LogP contribution in [0.25, 0.3) is 0 Å². The Hall–Kier alpha value is -1.78. The smallest absolute Gasteiger partial charge is 0.148 e. The first-order chi connectivity index (χ1) is 9.94. The van der Waals surface area contributed by atoms with Gasteiger partial charge in [-0.25, -0.2) is 0 Å². The number of rotatable bonds is 7. The van der Waals surface area contributed by atoms with E-state index in [1.165, 1.54) is 11.3 Å². The Morgan fingerprint density at radius 3 is 2.52 bits per heavy atom. The number of hydrogen-bond donors (Lipinski definition) is 1. The highest BCUT2D eigenvalue weighted by Crippen LogP contribution is 2.12. The van der Waals surface area contributed by atoms with Gasteiger partial charge in [-0.2, -0.15) is 10.2 Å². The first kappa shape index (κ1) is 15.6. The summed E-state index contributed by atoms with van der Waals surface area (Å²) in [5, 5.41) is 12.4. The fourth-order valence-corrected chi connectivity index (χ4v) is 2.29. The molecule has 2 heterocycles. The third-order valence-corrected chi connectivity index (χ3v) is 3.23. The van der Waals surface area contributed by atoms with Crippen molar-refractivity contribution in [2.24, 2.45) is 11.8 Å². The van der Waals surface area contributed by atoms with Crippen LogP contribution in [-0.2, 0) is 19.6 Å². The summed E-state index contributed by atoms with van der Waals surface area (Å²) in [7, 11) is 0. The van der Waals surface area contributed by atoms with E-state index in [-0.39, 0.29) is 0 Å². The average molecular weight is 289 g/mol. The summed E-state index contributed by atoms with van der Waals surface area (Å²) < 4.78 is 4.07. The summed E-state index contributed by atoms with van der Waals surface area (Å²) in [4.78, 5) is 0. The van der Waals surface area contributed by atoms with Crippen molar-refractivity contribution >= 4 is 5.82 Å². The van der Waals surface area contributed by atoms with Crippen LogP contribution in [0.4, 0.5) is 5.82 Å². The predicted octanol–water partition coefficient (Wildman–Crippen LogP) is 3.31. The second-order valence-electron chi connectivity index (χ2n) is 6.56. The number of nitrogens with one attached hydrogen (secondary N) is 1. The molecule has 0 aromatic carbocycles. The van der Waals surface area contributed by atoms with Crippen molar-refractivity contribution in [1.29, 1.82) is 0 Å². The first-order valence-electron chi connectivity index (χ1n) is 7.73. The van der Waals surface area contributed by atoms with Gasteiger partial charge in [-0.05, 0) is 18.8 Å². The summed E-state index contributed by atoms with van der Waals surface area (Å²) in [5.41, 5.74) is 2.38. The molecule has 116 valence electrons. The molecule has 0 aliphatic carbocycles. The van der Waals surface area contributed by atoms with Crippen LogP contribution >= 0.6 is 0 Å². The Kier molecular flexibility index (Phi) is 5.04. The van der Waals surface area contributed by atoms with Gasteiger partial charge in [0.1, 0.15) is 5.82 Å². The summed E-state index contributed by atoms with van der Waals surface area (Å²) in [6.45, 7) is 13.6. The van der Waals surface area contributed by atoms with E-state index in [0.29, 0.717) is 11.8 Å². The van der Waals surface area contributed by atoms with Crippen molar-refractivity contribution in [3.8, 4) is 0 Å². The van der Waals surface area contributed by atoms with Crippen molar-refractivity contribution in [3.63, 3.8) is 0 Å². The van der Waals surface area contributed by atoms with E-state index in [2.05, 4.69) is 67.1 Å². The lowest BCUT2D eigenvalue weighted by molar-refractivity contribution is 0.475. The van der Waals surface area contributed by atoms with Gasteiger partial charge in [-0.15, -0.1) is 0 Å². The highest BCUT2D eigenvalue weighted by atomic mass is 15.3. The quantitative estimate of drug-likeness (QED) is 0.850. The molecule has 0 bridgehead atoms. The molecule has 0 atom stereocenters. The fourth-order valence-electron chi connectivity index (χ4n) is 2.29. The Labute approximate surface area is 127 Å². The molecule has 0 amide bonds. The van der Waals surface area contributed by atoms with Crippen molar-refractivity contribution in [2.45, 2.75) is 54.3 Å². The second kappa shape index (κ2) is 6.78. The summed E-state index contributed by atoms with van der Waals surface area (Å²) in [6.07, 6.45) is 4.03. The third-order valence-electron chi connectivity index (χ3n) is 3.23. The average Bonchev–Trinajstić information content (AvgIpc) is 2.93. The van der Waals surface area contributed by atoms with Crippen LogP contribution in [0, 0.1) is 18.8 Å². The molecule has 5 nitrogen and oxygen atoms in total. The van der Waals surface area contributed by atoms with Gasteiger partial charge in [-0.1, -0.05) is 27.7 Å². The van der Waals surface area contributed by atoms with E-state index in [1.807, 2.05) is 10.9 Å². The number of anilines is 1. The van der Waals surface area contributed by atoms with Crippen LogP contribution in [0.15, 0.2) is 18.5 Å². The second-order valence-corrected chi connectivity index (χ2v) is 6.56. The van der Waals surface area contributed by atoms with Crippen LogP contribution in [0.2, 0.25) is 0 Å². The maximum atomic E-state index is 4.60. The van der Waals surface area contributed by atoms with Crippen molar-refractivity contribution in [3.05, 3.63) is 29.7 Å². The SMILES string of the molecule is Cc1cc(NCc2cnn(CC(C)C)c2)nn1CC(C)C. The Morgan fingerprint density at radius 1 is 1.14 bits per heavy atom. The van der Waals surface area contributed by atoms with E-state index in [9.17, 15) is 0 Å². The Morgan fingerprint density at radius 2 is 1.86 bits per heavy atom. The van der Waals surface area contributed by atoms with Crippen LogP contribution in [0.5, 0.6) is 0 Å². The van der Waals surface area contributed by atoms with E-state index >= 15 is 0 Å². The highest BCUT2D eigenvalue weighted by molar-refractivity contribution is 5.36. The zero-order chi connectivity index (χ0) is 15.4. The van der Waals surface area contributed by atoms with Crippen molar-refractivity contribution in [1.82, 2.24) is 19.6 Å². The normalized spacial score (nSPS) is 11.6. The maximum absolute atomic E-state index is 4.60. The van der Waals surface area contributed by atoms with Crippen LogP contribution in [0.1, 0.15) is 39.0 Å². The van der Waals surface area contributed by atoms with E-state index in [4.69, 9.17) is 0 Å². The molecular formula is C16H27N5. The minimum Gasteiger partial charge on any atom is -0.364 e. The van der Waals surface area contributed by atoms with Gasteiger partial charge in [0.25, 0.3) is 0 Å². The van der Waals surface area contributed by atoms with Gasteiger partial charge in [-0.3, -0.25) is 9.36 Å². The molecule has 0 unspecified atom stereocenters. The lowest BCUT2D eigenvalue weighted by atomic mass is 10.2. The fraction of sp³-hybridized carbons (Fsp3) is 0.625. The minimum absolute atomic E-state index is 0.603. The molecule has 2 aromatic heterocycles. The van der Waals surface area contributed by atoms with E-state index in [1.54, 1.807) is 0 Å². The van der Waals surface area contributed by atoms with Gasteiger partial charge in [0.2, 0.25) is 0 Å². The zero-order valence-corrected chi connectivity index (χ0v) is 13.8. The minimum atomic E-state index is 0.603. The van der Waals surface area contributed by atoms with Gasteiger partial charge >= 0.3 is 0 Å². The monoisotopic (exact) mass is 289 g/mol. The molecule has 2 rings (SSSR count). The summed E-state index contributed by atoms with van der Waals surface area (Å²) in [5.74, 6) is 2.15. The standard InChI is InChI=1S/C16H27N5/c1-12(2)9-20-11-15(8-18-20)7-17-16-6-14(5)21(19-16)10-13(3)4/h6,8,11-13H,7,9-10H2,1-5H3,(H,17,19). The van der Waals surface area contributed by atoms with Gasteiger partial charge in [0.05, 0.1) is 6.20 Å². The molecular weight excluding hydrogens is 262 g/mol. The molecule has 2 aromatic rings. The number of hydrogen-bond acceptors (Lipinski definition) is 3. The molecule has 0 saturated carbocycles. The Bertz CT molecular complexity index is 565. The lowest BCUT2D eigenvalue weighted by Crippen LogP contribution is -2.08. The topological polar surface area (TPSA) is 47.7 Å². The highest BCUT2D eigenvalue weighted by Gasteiger charge is 2.06. The molecule has 5 heteroatoms. The molecule has 0 fully saturated rings. The zero-order valence-electron chi connectivity index (χ0n) is 13.8. The van der Waals surface area contributed by atoms with Crippen molar-refractivity contribution in [2.75, 3.05) is 5.32 Å². The van der Waals surface area contributed by atoms with Crippen LogP contribution in [0.3, 0.4) is 0 Å². The third kappa shape index (κ3) is 4.62. The van der Waals surface area contributed by atoms with E-state index in [0.717, 1.165) is 25.5 Å².